The van der Waals surface area contributed by atoms with Crippen molar-refractivity contribution in [3.05, 3.63) is 114 Å². The molecule has 5 nitrogen and oxygen atoms in total. The van der Waals surface area contributed by atoms with Crippen LogP contribution >= 0.6 is 38.5 Å². The van der Waals surface area contributed by atoms with Gasteiger partial charge in [-0.1, -0.05) is 24.3 Å². The average Bonchev–Trinajstić information content (AvgIpc) is 2.89. The number of aryl methyl sites for hydroxylation is 2. The zero-order valence-corrected chi connectivity index (χ0v) is 25.0. The lowest BCUT2D eigenvalue weighted by Crippen LogP contribution is -2.39. The molecule has 0 fully saturated rings. The van der Waals surface area contributed by atoms with E-state index in [2.05, 4.69) is 63.6 Å². The molecule has 0 saturated carbocycles. The van der Waals surface area contributed by atoms with Gasteiger partial charge in [0, 0.05) is 26.9 Å². The van der Waals surface area contributed by atoms with Gasteiger partial charge in [0.05, 0.1) is 22.0 Å². The maximum atomic E-state index is 13.5. The Bertz CT molecular complexity index is 1540. The summed E-state index contributed by atoms with van der Waals surface area (Å²) >= 11 is 5.81. The zero-order chi connectivity index (χ0) is 27.0. The predicted molar refractivity (Wildman–Crippen MR) is 161 cm³/mol. The van der Waals surface area contributed by atoms with Gasteiger partial charge in [0.25, 0.3) is 0 Å². The molecule has 7 heteroatoms. The Balaban J connectivity index is 1.63. The molecule has 0 aromatic heterocycles. The summed E-state index contributed by atoms with van der Waals surface area (Å²) in [7, 11) is 0. The molecule has 1 heterocycles. The first kappa shape index (κ1) is 26.5. The Labute approximate surface area is 245 Å². The first-order valence-corrected chi connectivity index (χ1v) is 14.4. The fraction of sp³-hybridized carbons (Fsp3) is 0.226. The Morgan fingerprint density at radius 3 is 2.55 bits per heavy atom. The fourth-order valence-corrected chi connectivity index (χ4v) is 6.14. The SMILES string of the molecule is Cc1cc(C)c(C2C(C#N)=C(N)N(c3ccc(I)cc3)C3=C2C(=O)CCC3)cc1COc1ccccc1Br. The van der Waals surface area contributed by atoms with Gasteiger partial charge in [-0.3, -0.25) is 9.69 Å². The van der Waals surface area contributed by atoms with Crippen molar-refractivity contribution in [3.63, 3.8) is 0 Å². The number of nitrogens with two attached hydrogens (primary N) is 1. The first-order valence-electron chi connectivity index (χ1n) is 12.5. The van der Waals surface area contributed by atoms with Gasteiger partial charge < -0.3 is 10.5 Å². The van der Waals surface area contributed by atoms with Crippen LogP contribution in [0.4, 0.5) is 5.69 Å². The van der Waals surface area contributed by atoms with E-state index in [1.54, 1.807) is 0 Å². The Morgan fingerprint density at radius 2 is 1.84 bits per heavy atom. The van der Waals surface area contributed by atoms with E-state index in [-0.39, 0.29) is 5.78 Å². The smallest absolute Gasteiger partial charge is 0.161 e. The van der Waals surface area contributed by atoms with Crippen molar-refractivity contribution >= 4 is 50.0 Å². The van der Waals surface area contributed by atoms with Crippen LogP contribution in [0.15, 0.2) is 87.8 Å². The van der Waals surface area contributed by atoms with Crippen molar-refractivity contribution in [3.8, 4) is 11.8 Å². The number of halogens is 2. The number of hydrogen-bond donors (Lipinski definition) is 1. The van der Waals surface area contributed by atoms with Crippen LogP contribution in [0.3, 0.4) is 0 Å². The number of benzene rings is 3. The van der Waals surface area contributed by atoms with E-state index in [4.69, 9.17) is 10.5 Å². The number of nitriles is 1. The van der Waals surface area contributed by atoms with Crippen molar-refractivity contribution in [2.24, 2.45) is 5.73 Å². The van der Waals surface area contributed by atoms with Crippen molar-refractivity contribution in [1.82, 2.24) is 0 Å². The number of ketones is 1. The third-order valence-corrected chi connectivity index (χ3v) is 8.63. The van der Waals surface area contributed by atoms with Crippen LogP contribution in [-0.2, 0) is 11.4 Å². The maximum Gasteiger partial charge on any atom is 0.161 e. The number of ether oxygens (including phenoxy) is 1. The molecule has 1 unspecified atom stereocenters. The summed E-state index contributed by atoms with van der Waals surface area (Å²) in [6, 6.07) is 22.3. The summed E-state index contributed by atoms with van der Waals surface area (Å²) in [5.41, 5.74) is 13.6. The molecule has 2 aliphatic rings. The lowest BCUT2D eigenvalue weighted by Gasteiger charge is -2.40. The molecule has 0 bridgehead atoms. The number of carbonyl (C=O) groups excluding carboxylic acids is 1. The highest BCUT2D eigenvalue weighted by Crippen LogP contribution is 2.47. The Morgan fingerprint density at radius 1 is 1.11 bits per heavy atom. The summed E-state index contributed by atoms with van der Waals surface area (Å²) in [6.07, 6.45) is 1.96. The molecule has 0 saturated heterocycles. The van der Waals surface area contributed by atoms with Crippen LogP contribution in [-0.4, -0.2) is 5.78 Å². The van der Waals surface area contributed by atoms with E-state index in [0.717, 1.165) is 60.3 Å². The number of Topliss-reactive ketones (excluding diaryl/α,β-unsaturated/α-hetero) is 1. The van der Waals surface area contributed by atoms with Gasteiger partial charge in [0.15, 0.2) is 5.78 Å². The standard InChI is InChI=1S/C31H27BrIN3O2/c1-18-14-19(2)23(15-20(18)17-38-28-9-4-3-6-25(28)32)29-24(16-34)31(35)36(22-12-10-21(33)11-13-22)26-7-5-8-27(37)30(26)29/h3-4,6,9-15,29H,5,7-8,17,35H2,1-2H3. The largest absolute Gasteiger partial charge is 0.488 e. The molecule has 0 amide bonds. The molecular weight excluding hydrogens is 653 g/mol. The van der Waals surface area contributed by atoms with Crippen LogP contribution in [0.2, 0.25) is 0 Å². The highest BCUT2D eigenvalue weighted by molar-refractivity contribution is 14.1. The third kappa shape index (κ3) is 4.87. The Hall–Kier alpha value is -3.09. The fourth-order valence-electron chi connectivity index (χ4n) is 5.38. The van der Waals surface area contributed by atoms with Crippen LogP contribution in [0.5, 0.6) is 5.75 Å². The maximum absolute atomic E-state index is 13.5. The zero-order valence-electron chi connectivity index (χ0n) is 21.2. The van der Waals surface area contributed by atoms with Crippen molar-refractivity contribution in [2.75, 3.05) is 4.90 Å². The van der Waals surface area contributed by atoms with Gasteiger partial charge in [-0.05, 0) is 124 Å². The minimum Gasteiger partial charge on any atom is -0.488 e. The van der Waals surface area contributed by atoms with E-state index in [1.165, 1.54) is 0 Å². The van der Waals surface area contributed by atoms with Gasteiger partial charge in [-0.2, -0.15) is 5.26 Å². The van der Waals surface area contributed by atoms with Crippen molar-refractivity contribution in [2.45, 2.75) is 45.6 Å². The number of allylic oxidation sites excluding steroid dienone is 3. The van der Waals surface area contributed by atoms with Gasteiger partial charge in [-0.15, -0.1) is 0 Å². The van der Waals surface area contributed by atoms with Gasteiger partial charge in [-0.25, -0.2) is 0 Å². The number of hydrogen-bond acceptors (Lipinski definition) is 5. The van der Waals surface area contributed by atoms with E-state index in [0.29, 0.717) is 30.0 Å². The molecule has 1 atom stereocenters. The Kier molecular flexibility index (Phi) is 7.64. The minimum atomic E-state index is -0.509. The second-order valence-corrected chi connectivity index (χ2v) is 11.7. The number of carbonyl (C=O) groups is 1. The highest BCUT2D eigenvalue weighted by Gasteiger charge is 2.41. The first-order chi connectivity index (χ1) is 18.3. The van der Waals surface area contributed by atoms with Gasteiger partial charge >= 0.3 is 0 Å². The predicted octanol–water partition coefficient (Wildman–Crippen LogP) is 7.55. The lowest BCUT2D eigenvalue weighted by molar-refractivity contribution is -0.116. The molecule has 1 aliphatic carbocycles. The summed E-state index contributed by atoms with van der Waals surface area (Å²) in [5, 5.41) is 10.4. The summed E-state index contributed by atoms with van der Waals surface area (Å²) < 4.78 is 8.13. The highest BCUT2D eigenvalue weighted by atomic mass is 127. The number of para-hydroxylation sites is 1. The van der Waals surface area contributed by atoms with E-state index in [9.17, 15) is 10.1 Å². The summed E-state index contributed by atoms with van der Waals surface area (Å²) in [4.78, 5) is 15.4. The molecule has 3 aromatic carbocycles. The number of nitrogens with zero attached hydrogens (tertiary/aromatic N) is 2. The monoisotopic (exact) mass is 679 g/mol. The van der Waals surface area contributed by atoms with Crippen molar-refractivity contribution < 1.29 is 9.53 Å². The molecule has 3 aromatic rings. The normalized spacial score (nSPS) is 17.4. The van der Waals surface area contributed by atoms with E-state index in [1.807, 2.05) is 60.4 Å². The molecule has 0 spiro atoms. The topological polar surface area (TPSA) is 79.4 Å². The van der Waals surface area contributed by atoms with E-state index < -0.39 is 5.92 Å². The molecule has 192 valence electrons. The molecule has 2 N–H and O–H groups in total. The van der Waals surface area contributed by atoms with Crippen molar-refractivity contribution in [1.29, 1.82) is 5.26 Å². The van der Waals surface area contributed by atoms with Crippen LogP contribution in [0.1, 0.15) is 47.4 Å². The minimum absolute atomic E-state index is 0.0815. The molecule has 0 radical (unpaired) electrons. The second-order valence-electron chi connectivity index (χ2n) is 9.65. The molecular formula is C31H27BrIN3O2. The summed E-state index contributed by atoms with van der Waals surface area (Å²) in [5.74, 6) is 0.719. The van der Waals surface area contributed by atoms with Crippen LogP contribution in [0.25, 0.3) is 0 Å². The quantitative estimate of drug-likeness (QED) is 0.282. The molecule has 5 rings (SSSR count). The average molecular weight is 680 g/mol. The van der Waals surface area contributed by atoms with Gasteiger partial charge in [0.1, 0.15) is 18.2 Å². The number of anilines is 1. The third-order valence-electron chi connectivity index (χ3n) is 7.25. The van der Waals surface area contributed by atoms with Crippen LogP contribution in [0, 0.1) is 28.7 Å². The van der Waals surface area contributed by atoms with Crippen LogP contribution < -0.4 is 15.4 Å². The summed E-state index contributed by atoms with van der Waals surface area (Å²) in [6.45, 7) is 4.45. The number of rotatable bonds is 5. The van der Waals surface area contributed by atoms with E-state index >= 15 is 0 Å². The van der Waals surface area contributed by atoms with Gasteiger partial charge in [0.2, 0.25) is 0 Å². The molecule has 38 heavy (non-hydrogen) atoms. The molecule has 1 aliphatic heterocycles. The lowest BCUT2D eigenvalue weighted by atomic mass is 9.74. The second kappa shape index (κ2) is 11.0.